The van der Waals surface area contributed by atoms with Crippen molar-refractivity contribution < 1.29 is 4.79 Å². The van der Waals surface area contributed by atoms with Gasteiger partial charge in [0.25, 0.3) is 5.91 Å². The molecule has 4 rings (SSSR count). The Labute approximate surface area is 154 Å². The number of para-hydroxylation sites is 1. The molecule has 0 saturated carbocycles. The number of hydrogen-bond donors (Lipinski definition) is 1. The summed E-state index contributed by atoms with van der Waals surface area (Å²) in [6.07, 6.45) is 1.75. The summed E-state index contributed by atoms with van der Waals surface area (Å²) in [6, 6.07) is 8.08. The number of pyridine rings is 1. The first-order valence-electron chi connectivity index (χ1n) is 8.46. The van der Waals surface area contributed by atoms with E-state index < -0.39 is 0 Å². The summed E-state index contributed by atoms with van der Waals surface area (Å²) in [4.78, 5) is 21.9. The maximum absolute atomic E-state index is 12.8. The molecular formula is C19H19N5OS. The van der Waals surface area contributed by atoms with Crippen molar-refractivity contribution in [3.8, 4) is 0 Å². The lowest BCUT2D eigenvalue weighted by atomic mass is 10.1. The van der Waals surface area contributed by atoms with Crippen molar-refractivity contribution in [2.45, 2.75) is 33.7 Å². The number of fused-ring (bicyclic) bond motifs is 2. The maximum Gasteiger partial charge on any atom is 0.259 e. The van der Waals surface area contributed by atoms with Gasteiger partial charge in [-0.1, -0.05) is 23.5 Å². The number of carbonyl (C=O) groups excluding carboxylic acids is 1. The Bertz CT molecular complexity index is 1140. The van der Waals surface area contributed by atoms with Gasteiger partial charge in [-0.3, -0.25) is 10.1 Å². The fraction of sp³-hybridized carbons (Fsp3) is 0.263. The van der Waals surface area contributed by atoms with Crippen LogP contribution in [0.5, 0.6) is 0 Å². The minimum absolute atomic E-state index is 0.203. The van der Waals surface area contributed by atoms with Crippen molar-refractivity contribution >= 4 is 43.6 Å². The number of rotatable bonds is 3. The molecule has 0 saturated heterocycles. The van der Waals surface area contributed by atoms with Crippen LogP contribution in [0.25, 0.3) is 21.3 Å². The van der Waals surface area contributed by atoms with Gasteiger partial charge in [-0.05, 0) is 45.4 Å². The van der Waals surface area contributed by atoms with Crippen LogP contribution in [0.15, 0.2) is 30.5 Å². The van der Waals surface area contributed by atoms with E-state index in [1.54, 1.807) is 6.20 Å². The number of amides is 1. The maximum atomic E-state index is 12.8. The lowest BCUT2D eigenvalue weighted by Crippen LogP contribution is -2.14. The smallest absolute Gasteiger partial charge is 0.259 e. The third kappa shape index (κ3) is 2.74. The Morgan fingerprint density at radius 1 is 1.23 bits per heavy atom. The molecular weight excluding hydrogens is 346 g/mol. The summed E-state index contributed by atoms with van der Waals surface area (Å²) in [5.74, 6) is -0.203. The molecule has 0 aliphatic carbocycles. The predicted molar refractivity (Wildman–Crippen MR) is 105 cm³/mol. The van der Waals surface area contributed by atoms with Gasteiger partial charge in [-0.2, -0.15) is 5.10 Å². The molecule has 3 heterocycles. The van der Waals surface area contributed by atoms with Crippen LogP contribution in [0, 0.1) is 13.8 Å². The number of nitrogens with zero attached hydrogens (tertiary/aromatic N) is 4. The van der Waals surface area contributed by atoms with Crippen LogP contribution in [-0.4, -0.2) is 25.7 Å². The van der Waals surface area contributed by atoms with Crippen molar-refractivity contribution in [1.82, 2.24) is 19.7 Å². The van der Waals surface area contributed by atoms with Crippen LogP contribution in [0.1, 0.15) is 41.5 Å². The third-order valence-corrected chi connectivity index (χ3v) is 5.27. The Morgan fingerprint density at radius 3 is 2.77 bits per heavy atom. The second-order valence-corrected chi connectivity index (χ2v) is 7.64. The number of benzene rings is 1. The molecule has 6 nitrogen and oxygen atoms in total. The minimum Gasteiger partial charge on any atom is -0.298 e. The summed E-state index contributed by atoms with van der Waals surface area (Å²) in [5, 5.41) is 8.73. The SMILES string of the molecule is Cc1nc2c(cnn2C(C)C)cc1C(=O)Nc1nc2c(C)cccc2s1. The topological polar surface area (TPSA) is 72.7 Å². The largest absolute Gasteiger partial charge is 0.298 e. The third-order valence-electron chi connectivity index (χ3n) is 4.33. The highest BCUT2D eigenvalue weighted by Crippen LogP contribution is 2.28. The lowest BCUT2D eigenvalue weighted by Gasteiger charge is -2.09. The summed E-state index contributed by atoms with van der Waals surface area (Å²) < 4.78 is 2.92. The highest BCUT2D eigenvalue weighted by molar-refractivity contribution is 7.22. The average molecular weight is 365 g/mol. The Hall–Kier alpha value is -2.80. The second-order valence-electron chi connectivity index (χ2n) is 6.61. The molecule has 7 heteroatoms. The van der Waals surface area contributed by atoms with Crippen molar-refractivity contribution in [1.29, 1.82) is 0 Å². The number of nitrogens with one attached hydrogen (secondary N) is 1. The quantitative estimate of drug-likeness (QED) is 0.580. The number of aromatic nitrogens is 4. The zero-order valence-electron chi connectivity index (χ0n) is 15.1. The van der Waals surface area contributed by atoms with E-state index in [9.17, 15) is 4.79 Å². The Balaban J connectivity index is 1.69. The van der Waals surface area contributed by atoms with Crippen molar-refractivity contribution in [2.24, 2.45) is 0 Å². The Morgan fingerprint density at radius 2 is 2.04 bits per heavy atom. The summed E-state index contributed by atoms with van der Waals surface area (Å²) in [5.41, 5.74) is 4.03. The molecule has 0 aliphatic heterocycles. The van der Waals surface area contributed by atoms with E-state index in [1.807, 2.05) is 42.8 Å². The van der Waals surface area contributed by atoms with Gasteiger partial charge in [-0.25, -0.2) is 14.6 Å². The van der Waals surface area contributed by atoms with Crippen LogP contribution in [0.3, 0.4) is 0 Å². The molecule has 1 N–H and O–H groups in total. The average Bonchev–Trinajstić information content (AvgIpc) is 3.18. The lowest BCUT2D eigenvalue weighted by molar-refractivity contribution is 0.102. The zero-order valence-corrected chi connectivity index (χ0v) is 15.9. The monoisotopic (exact) mass is 365 g/mol. The van der Waals surface area contributed by atoms with Crippen LogP contribution < -0.4 is 5.32 Å². The van der Waals surface area contributed by atoms with Crippen LogP contribution in [0.4, 0.5) is 5.13 Å². The molecule has 1 amide bonds. The summed E-state index contributed by atoms with van der Waals surface area (Å²) >= 11 is 1.47. The highest BCUT2D eigenvalue weighted by atomic mass is 32.1. The van der Waals surface area contributed by atoms with E-state index in [0.717, 1.165) is 26.8 Å². The minimum atomic E-state index is -0.203. The van der Waals surface area contributed by atoms with Gasteiger partial charge < -0.3 is 0 Å². The van der Waals surface area contributed by atoms with Crippen molar-refractivity contribution in [3.05, 3.63) is 47.3 Å². The molecule has 0 unspecified atom stereocenters. The van der Waals surface area contributed by atoms with Crippen LogP contribution >= 0.6 is 11.3 Å². The molecule has 0 fully saturated rings. The molecule has 132 valence electrons. The van der Waals surface area contributed by atoms with Gasteiger partial charge in [0.05, 0.1) is 27.7 Å². The van der Waals surface area contributed by atoms with Gasteiger partial charge in [0, 0.05) is 11.4 Å². The molecule has 0 aliphatic rings. The zero-order chi connectivity index (χ0) is 18.4. The van der Waals surface area contributed by atoms with E-state index in [0.29, 0.717) is 16.4 Å². The molecule has 0 atom stereocenters. The first-order chi connectivity index (χ1) is 12.4. The van der Waals surface area contributed by atoms with Gasteiger partial charge in [0.1, 0.15) is 0 Å². The fourth-order valence-electron chi connectivity index (χ4n) is 2.98. The predicted octanol–water partition coefficient (Wildman–Crippen LogP) is 4.49. The molecule has 0 radical (unpaired) electrons. The Kier molecular flexibility index (Phi) is 3.96. The van der Waals surface area contributed by atoms with E-state index in [-0.39, 0.29) is 11.9 Å². The number of thiazole rings is 1. The molecule has 0 spiro atoms. The second kappa shape index (κ2) is 6.17. The van der Waals surface area contributed by atoms with Crippen LogP contribution in [-0.2, 0) is 0 Å². The molecule has 4 aromatic rings. The van der Waals surface area contributed by atoms with Crippen molar-refractivity contribution in [2.75, 3.05) is 5.32 Å². The standard InChI is InChI=1S/C19H19N5OS/c1-10(2)24-17-13(9-20-24)8-14(12(4)21-17)18(25)23-19-22-16-11(3)6-5-7-15(16)26-19/h5-10H,1-4H3,(H,22,23,25). The summed E-state index contributed by atoms with van der Waals surface area (Å²) in [6.45, 7) is 7.97. The molecule has 1 aromatic carbocycles. The van der Waals surface area contributed by atoms with Gasteiger partial charge in [0.15, 0.2) is 10.8 Å². The van der Waals surface area contributed by atoms with Crippen LogP contribution in [0.2, 0.25) is 0 Å². The molecule has 0 bridgehead atoms. The first kappa shape index (κ1) is 16.7. The number of hydrogen-bond acceptors (Lipinski definition) is 5. The fourth-order valence-corrected chi connectivity index (χ4v) is 3.92. The van der Waals surface area contributed by atoms with Gasteiger partial charge in [-0.15, -0.1) is 0 Å². The molecule has 26 heavy (non-hydrogen) atoms. The van der Waals surface area contributed by atoms with E-state index >= 15 is 0 Å². The number of carbonyl (C=O) groups is 1. The molecule has 3 aromatic heterocycles. The summed E-state index contributed by atoms with van der Waals surface area (Å²) in [7, 11) is 0. The van der Waals surface area contributed by atoms with Crippen molar-refractivity contribution in [3.63, 3.8) is 0 Å². The normalized spacial score (nSPS) is 11.6. The van der Waals surface area contributed by atoms with E-state index in [1.165, 1.54) is 11.3 Å². The highest BCUT2D eigenvalue weighted by Gasteiger charge is 2.17. The first-order valence-corrected chi connectivity index (χ1v) is 9.28. The van der Waals surface area contributed by atoms with Gasteiger partial charge >= 0.3 is 0 Å². The number of anilines is 1. The van der Waals surface area contributed by atoms with E-state index in [2.05, 4.69) is 34.2 Å². The van der Waals surface area contributed by atoms with E-state index in [4.69, 9.17) is 0 Å². The van der Waals surface area contributed by atoms with Gasteiger partial charge in [0.2, 0.25) is 0 Å². The number of aryl methyl sites for hydroxylation is 2.